The molecule has 29 heavy (non-hydrogen) atoms. The normalized spacial score (nSPS) is 12.8. The molecule has 0 saturated heterocycles. The van der Waals surface area contributed by atoms with Gasteiger partial charge in [0, 0.05) is 17.2 Å². The fourth-order valence-electron chi connectivity index (χ4n) is 3.08. The monoisotopic (exact) mass is 385 g/mol. The van der Waals surface area contributed by atoms with Gasteiger partial charge in [-0.15, -0.1) is 0 Å². The number of nitrogens with one attached hydrogen (secondary N) is 2. The van der Waals surface area contributed by atoms with Crippen molar-refractivity contribution >= 4 is 23.2 Å². The van der Waals surface area contributed by atoms with Gasteiger partial charge in [-0.05, 0) is 48.7 Å². The highest BCUT2D eigenvalue weighted by Crippen LogP contribution is 2.30. The molecule has 5 heteroatoms. The van der Waals surface area contributed by atoms with E-state index in [1.165, 1.54) is 0 Å². The van der Waals surface area contributed by atoms with Gasteiger partial charge < -0.3 is 5.32 Å². The first-order valence-corrected chi connectivity index (χ1v) is 9.77. The third-order valence-corrected chi connectivity index (χ3v) is 4.83. The first kappa shape index (κ1) is 18.7. The van der Waals surface area contributed by atoms with E-state index in [0.29, 0.717) is 17.8 Å². The molecule has 0 unspecified atom stereocenters. The number of amides is 2. The van der Waals surface area contributed by atoms with E-state index in [1.807, 2.05) is 65.7 Å². The van der Waals surface area contributed by atoms with E-state index in [0.717, 1.165) is 24.1 Å². The minimum absolute atomic E-state index is 0.0255. The molecular formula is C24H23N3O2. The number of nitrogens with zero attached hydrogens (tertiary/aromatic N) is 1. The summed E-state index contributed by atoms with van der Waals surface area (Å²) in [6, 6.07) is 26.7. The summed E-state index contributed by atoms with van der Waals surface area (Å²) in [4.78, 5) is 24.9. The molecule has 1 saturated carbocycles. The highest BCUT2D eigenvalue weighted by atomic mass is 16.2. The average Bonchev–Trinajstić information content (AvgIpc) is 3.60. The predicted octanol–water partition coefficient (Wildman–Crippen LogP) is 4.39. The number of rotatable bonds is 7. The third kappa shape index (κ3) is 5.02. The van der Waals surface area contributed by atoms with Crippen LogP contribution in [0, 0.1) is 5.92 Å². The molecule has 2 amide bonds. The molecule has 5 nitrogen and oxygen atoms in total. The van der Waals surface area contributed by atoms with Gasteiger partial charge in [-0.3, -0.25) is 20.0 Å². The van der Waals surface area contributed by atoms with Crippen LogP contribution in [0.25, 0.3) is 0 Å². The molecule has 0 atom stereocenters. The Labute approximate surface area is 170 Å². The minimum atomic E-state index is -0.229. The highest BCUT2D eigenvalue weighted by molar-refractivity contribution is 5.98. The van der Waals surface area contributed by atoms with Crippen LogP contribution in [-0.4, -0.2) is 11.8 Å². The second kappa shape index (κ2) is 8.61. The summed E-state index contributed by atoms with van der Waals surface area (Å²) in [6.07, 6.45) is 1.88. The molecule has 3 aromatic carbocycles. The summed E-state index contributed by atoms with van der Waals surface area (Å²) in [5.41, 5.74) is 6.11. The molecule has 1 aliphatic carbocycles. The maximum absolute atomic E-state index is 12.9. The Morgan fingerprint density at radius 3 is 2.24 bits per heavy atom. The quantitative estimate of drug-likeness (QED) is 0.593. The van der Waals surface area contributed by atoms with Crippen molar-refractivity contribution in [3.05, 3.63) is 96.1 Å². The van der Waals surface area contributed by atoms with E-state index in [9.17, 15) is 9.59 Å². The maximum atomic E-state index is 12.9. The van der Waals surface area contributed by atoms with Gasteiger partial charge in [0.1, 0.15) is 0 Å². The molecule has 2 N–H and O–H groups in total. The third-order valence-electron chi connectivity index (χ3n) is 4.83. The lowest BCUT2D eigenvalue weighted by molar-refractivity contribution is -0.117. The minimum Gasteiger partial charge on any atom is -0.326 e. The lowest BCUT2D eigenvalue weighted by Crippen LogP contribution is -2.42. The molecule has 0 heterocycles. The Morgan fingerprint density at radius 2 is 1.55 bits per heavy atom. The largest absolute Gasteiger partial charge is 0.326 e. The van der Waals surface area contributed by atoms with Crippen LogP contribution in [-0.2, 0) is 11.3 Å². The molecule has 1 aliphatic rings. The predicted molar refractivity (Wildman–Crippen MR) is 114 cm³/mol. The van der Waals surface area contributed by atoms with Crippen molar-refractivity contribution in [2.24, 2.45) is 5.92 Å². The van der Waals surface area contributed by atoms with E-state index < -0.39 is 0 Å². The van der Waals surface area contributed by atoms with Crippen molar-refractivity contribution in [1.82, 2.24) is 5.43 Å². The summed E-state index contributed by atoms with van der Waals surface area (Å²) in [6.45, 7) is 0.536. The summed E-state index contributed by atoms with van der Waals surface area (Å²) in [7, 11) is 0. The molecule has 1 fully saturated rings. The van der Waals surface area contributed by atoms with Crippen LogP contribution >= 0.6 is 0 Å². The summed E-state index contributed by atoms with van der Waals surface area (Å²) < 4.78 is 0. The highest BCUT2D eigenvalue weighted by Gasteiger charge is 2.29. The molecule has 0 aliphatic heterocycles. The first-order chi connectivity index (χ1) is 14.2. The van der Waals surface area contributed by atoms with Crippen LogP contribution in [0.5, 0.6) is 0 Å². The number of anilines is 2. The van der Waals surface area contributed by atoms with E-state index in [2.05, 4.69) is 10.7 Å². The van der Waals surface area contributed by atoms with Crippen LogP contribution in [0.15, 0.2) is 84.9 Å². The second-order valence-electron chi connectivity index (χ2n) is 7.19. The van der Waals surface area contributed by atoms with Crippen molar-refractivity contribution in [3.63, 3.8) is 0 Å². The smallest absolute Gasteiger partial charge is 0.269 e. The maximum Gasteiger partial charge on any atom is 0.269 e. The second-order valence-corrected chi connectivity index (χ2v) is 7.19. The topological polar surface area (TPSA) is 61.4 Å². The van der Waals surface area contributed by atoms with E-state index in [4.69, 9.17) is 0 Å². The van der Waals surface area contributed by atoms with Crippen molar-refractivity contribution in [3.8, 4) is 0 Å². The number of benzene rings is 3. The van der Waals surface area contributed by atoms with Crippen molar-refractivity contribution < 1.29 is 9.59 Å². The van der Waals surface area contributed by atoms with Gasteiger partial charge in [-0.1, -0.05) is 54.6 Å². The van der Waals surface area contributed by atoms with Gasteiger partial charge in [0.25, 0.3) is 5.91 Å². The summed E-state index contributed by atoms with van der Waals surface area (Å²) >= 11 is 0. The Bertz CT molecular complexity index is 985. The molecule has 3 aromatic rings. The Morgan fingerprint density at radius 1 is 0.862 bits per heavy atom. The zero-order valence-electron chi connectivity index (χ0n) is 16.0. The van der Waals surface area contributed by atoms with E-state index in [-0.39, 0.29) is 17.7 Å². The van der Waals surface area contributed by atoms with Gasteiger partial charge >= 0.3 is 0 Å². The SMILES string of the molecule is O=C(NN(Cc1ccccc1)c1ccccc1)c1cccc(NC(=O)C2CC2)c1. The number of para-hydroxylation sites is 1. The molecule has 146 valence electrons. The van der Waals surface area contributed by atoms with Crippen LogP contribution < -0.4 is 15.8 Å². The fourth-order valence-corrected chi connectivity index (χ4v) is 3.08. The molecule has 0 radical (unpaired) electrons. The Kier molecular flexibility index (Phi) is 5.56. The van der Waals surface area contributed by atoms with Gasteiger partial charge in [-0.2, -0.15) is 0 Å². The molecule has 0 spiro atoms. The summed E-state index contributed by atoms with van der Waals surface area (Å²) in [5, 5.41) is 4.72. The lowest BCUT2D eigenvalue weighted by Gasteiger charge is -2.25. The number of hydrogen-bond donors (Lipinski definition) is 2. The zero-order valence-corrected chi connectivity index (χ0v) is 16.0. The summed E-state index contributed by atoms with van der Waals surface area (Å²) in [5.74, 6) is -0.0863. The van der Waals surface area contributed by atoms with Crippen LogP contribution in [0.1, 0.15) is 28.8 Å². The lowest BCUT2D eigenvalue weighted by atomic mass is 10.2. The van der Waals surface area contributed by atoms with Crippen LogP contribution in [0.2, 0.25) is 0 Å². The standard InChI is InChI=1S/C24H23N3O2/c28-23(19-14-15-19)25-21-11-7-10-20(16-21)24(29)26-27(22-12-5-2-6-13-22)17-18-8-3-1-4-9-18/h1-13,16,19H,14-15,17H2,(H,25,28)(H,26,29). The van der Waals surface area contributed by atoms with Crippen LogP contribution in [0.4, 0.5) is 11.4 Å². The number of carbonyl (C=O) groups is 2. The number of hydrazine groups is 1. The van der Waals surface area contributed by atoms with E-state index in [1.54, 1.807) is 24.3 Å². The van der Waals surface area contributed by atoms with Crippen molar-refractivity contribution in [2.45, 2.75) is 19.4 Å². The van der Waals surface area contributed by atoms with Gasteiger partial charge in [0.05, 0.1) is 12.2 Å². The molecule has 4 rings (SSSR count). The van der Waals surface area contributed by atoms with Gasteiger partial charge in [0.15, 0.2) is 0 Å². The average molecular weight is 385 g/mol. The number of carbonyl (C=O) groups excluding carboxylic acids is 2. The first-order valence-electron chi connectivity index (χ1n) is 9.77. The van der Waals surface area contributed by atoms with Gasteiger partial charge in [0.2, 0.25) is 5.91 Å². The van der Waals surface area contributed by atoms with Crippen molar-refractivity contribution in [2.75, 3.05) is 10.3 Å². The Balaban J connectivity index is 1.51. The van der Waals surface area contributed by atoms with E-state index >= 15 is 0 Å². The van der Waals surface area contributed by atoms with Crippen LogP contribution in [0.3, 0.4) is 0 Å². The Hall–Kier alpha value is -3.60. The molecular weight excluding hydrogens is 362 g/mol. The zero-order chi connectivity index (χ0) is 20.1. The molecule has 0 aromatic heterocycles. The molecule has 0 bridgehead atoms. The fraction of sp³-hybridized carbons (Fsp3) is 0.167. The number of hydrogen-bond acceptors (Lipinski definition) is 3. The van der Waals surface area contributed by atoms with Crippen molar-refractivity contribution in [1.29, 1.82) is 0 Å². The van der Waals surface area contributed by atoms with Gasteiger partial charge in [-0.25, -0.2) is 0 Å².